The molecule has 23 heavy (non-hydrogen) atoms. The molecule has 118 valence electrons. The zero-order valence-electron chi connectivity index (χ0n) is 12.3. The molecule has 1 saturated heterocycles. The first-order valence-corrected chi connectivity index (χ1v) is 7.41. The van der Waals surface area contributed by atoms with E-state index in [-0.39, 0.29) is 6.79 Å². The highest BCUT2D eigenvalue weighted by molar-refractivity contribution is 5.74. The van der Waals surface area contributed by atoms with Crippen molar-refractivity contribution in [1.82, 2.24) is 0 Å². The molecule has 1 N–H and O–H groups in total. The minimum atomic E-state index is -0.960. The molecule has 0 aromatic heterocycles. The van der Waals surface area contributed by atoms with Crippen LogP contribution in [0.3, 0.4) is 0 Å². The minimum absolute atomic E-state index is 0.0188. The van der Waals surface area contributed by atoms with Crippen LogP contribution in [0.15, 0.2) is 66.7 Å². The Morgan fingerprint density at radius 1 is 1.00 bits per heavy atom. The van der Waals surface area contributed by atoms with Crippen LogP contribution in [0.1, 0.15) is 11.1 Å². The first kappa shape index (κ1) is 14.6. The largest absolute Gasteiger partial charge is 0.342 e. The van der Waals surface area contributed by atoms with E-state index in [9.17, 15) is 5.26 Å². The summed E-state index contributed by atoms with van der Waals surface area (Å²) in [5, 5.41) is 9.48. The molecule has 1 aliphatic carbocycles. The van der Waals surface area contributed by atoms with Gasteiger partial charge in [-0.05, 0) is 22.8 Å². The fraction of sp³-hybridized carbons (Fsp3) is 0.222. The molecule has 0 unspecified atom stereocenters. The van der Waals surface area contributed by atoms with Gasteiger partial charge in [-0.15, -0.1) is 0 Å². The molecule has 0 bridgehead atoms. The van der Waals surface area contributed by atoms with Crippen LogP contribution < -0.4 is 0 Å². The number of hydrogen-bond donors (Lipinski definition) is 1. The summed E-state index contributed by atoms with van der Waals surface area (Å²) in [6, 6.07) is 19.3. The van der Waals surface area contributed by atoms with E-state index in [2.05, 4.69) is 0 Å². The van der Waals surface area contributed by atoms with E-state index in [1.807, 2.05) is 66.7 Å². The van der Waals surface area contributed by atoms with Gasteiger partial charge >= 0.3 is 0 Å². The Kier molecular flexibility index (Phi) is 3.72. The third kappa shape index (κ3) is 2.30. The number of rotatable bonds is 3. The smallest absolute Gasteiger partial charge is 0.181 e. The fourth-order valence-corrected chi connectivity index (χ4v) is 3.27. The molecule has 0 saturated carbocycles. The summed E-state index contributed by atoms with van der Waals surface area (Å²) in [4.78, 5) is 15.5. The van der Waals surface area contributed by atoms with Crippen LogP contribution in [0.5, 0.6) is 0 Å². The van der Waals surface area contributed by atoms with E-state index in [0.29, 0.717) is 0 Å². The Labute approximate surface area is 133 Å². The highest BCUT2D eigenvalue weighted by Gasteiger charge is 2.56. The lowest BCUT2D eigenvalue weighted by Crippen LogP contribution is -2.49. The standard InChI is InChI=1S/C18H16O5/c19-22-16-15(13-7-3-1-4-8-13)11-18(14-9-5-2-6-10-14)17(16)20-12-21-23-18/h1-11,16-17,19H,12H2/t16-,17+,18+/m1/s1. The highest BCUT2D eigenvalue weighted by atomic mass is 17.2. The number of ether oxygens (including phenoxy) is 1. The lowest BCUT2D eigenvalue weighted by atomic mass is 9.90. The van der Waals surface area contributed by atoms with Crippen molar-refractivity contribution in [2.24, 2.45) is 0 Å². The Bertz CT molecular complexity index is 700. The molecule has 5 heteroatoms. The molecule has 1 fully saturated rings. The first-order valence-electron chi connectivity index (χ1n) is 7.41. The quantitative estimate of drug-likeness (QED) is 0.697. The fourth-order valence-electron chi connectivity index (χ4n) is 3.27. The summed E-state index contributed by atoms with van der Waals surface area (Å²) in [5.74, 6) is 0. The van der Waals surface area contributed by atoms with Crippen LogP contribution in [0, 0.1) is 0 Å². The molecule has 3 atom stereocenters. The van der Waals surface area contributed by atoms with Gasteiger partial charge in [-0.25, -0.2) is 14.7 Å². The van der Waals surface area contributed by atoms with Crippen LogP contribution in [0.4, 0.5) is 0 Å². The maximum Gasteiger partial charge on any atom is 0.181 e. The van der Waals surface area contributed by atoms with Crippen LogP contribution in [-0.2, 0) is 25.0 Å². The van der Waals surface area contributed by atoms with Crippen molar-refractivity contribution in [2.45, 2.75) is 17.8 Å². The summed E-state index contributed by atoms with van der Waals surface area (Å²) < 4.78 is 5.73. The van der Waals surface area contributed by atoms with Gasteiger partial charge in [0.1, 0.15) is 12.2 Å². The highest BCUT2D eigenvalue weighted by Crippen LogP contribution is 2.48. The Morgan fingerprint density at radius 3 is 2.39 bits per heavy atom. The van der Waals surface area contributed by atoms with Crippen LogP contribution in [0.2, 0.25) is 0 Å². The van der Waals surface area contributed by atoms with Gasteiger partial charge in [0, 0.05) is 0 Å². The Morgan fingerprint density at radius 2 is 1.70 bits per heavy atom. The van der Waals surface area contributed by atoms with Gasteiger partial charge in [0.2, 0.25) is 0 Å². The Balaban J connectivity index is 1.86. The van der Waals surface area contributed by atoms with Gasteiger partial charge in [-0.1, -0.05) is 60.7 Å². The van der Waals surface area contributed by atoms with Crippen LogP contribution in [-0.4, -0.2) is 24.3 Å². The second-order valence-electron chi connectivity index (χ2n) is 5.56. The van der Waals surface area contributed by atoms with Gasteiger partial charge in [0.25, 0.3) is 0 Å². The number of fused-ring (bicyclic) bond motifs is 1. The lowest BCUT2D eigenvalue weighted by molar-refractivity contribution is -0.458. The second kappa shape index (κ2) is 5.88. The van der Waals surface area contributed by atoms with Crippen LogP contribution >= 0.6 is 0 Å². The van der Waals surface area contributed by atoms with E-state index >= 15 is 0 Å². The molecule has 2 aliphatic rings. The van der Waals surface area contributed by atoms with E-state index in [4.69, 9.17) is 19.4 Å². The van der Waals surface area contributed by atoms with Crippen molar-refractivity contribution in [1.29, 1.82) is 0 Å². The van der Waals surface area contributed by atoms with Crippen molar-refractivity contribution in [2.75, 3.05) is 6.79 Å². The molecule has 0 radical (unpaired) electrons. The predicted octanol–water partition coefficient (Wildman–Crippen LogP) is 3.14. The zero-order valence-corrected chi connectivity index (χ0v) is 12.3. The van der Waals surface area contributed by atoms with E-state index < -0.39 is 17.8 Å². The lowest BCUT2D eigenvalue weighted by Gasteiger charge is -2.38. The molecule has 0 spiro atoms. The summed E-state index contributed by atoms with van der Waals surface area (Å²) in [6.07, 6.45) is 0.697. The van der Waals surface area contributed by atoms with Gasteiger partial charge in [0.05, 0.1) is 0 Å². The van der Waals surface area contributed by atoms with Crippen molar-refractivity contribution in [3.63, 3.8) is 0 Å². The predicted molar refractivity (Wildman–Crippen MR) is 82.0 cm³/mol. The molecule has 4 rings (SSSR count). The average Bonchev–Trinajstić information content (AvgIpc) is 2.99. The summed E-state index contributed by atoms with van der Waals surface area (Å²) in [6.45, 7) is -0.0188. The SMILES string of the molecule is OO[C@@H]1C(c2ccccc2)=C[C@@]2(c3ccccc3)OOCO[C@@H]12. The van der Waals surface area contributed by atoms with E-state index in [1.165, 1.54) is 0 Å². The molecule has 2 aromatic carbocycles. The molecule has 5 nitrogen and oxygen atoms in total. The Hall–Kier alpha value is -2.02. The van der Waals surface area contributed by atoms with Gasteiger partial charge in [0.15, 0.2) is 12.4 Å². The van der Waals surface area contributed by atoms with Gasteiger partial charge in [-0.3, -0.25) is 5.26 Å². The summed E-state index contributed by atoms with van der Waals surface area (Å²) >= 11 is 0. The number of hydrogen-bond acceptors (Lipinski definition) is 5. The summed E-state index contributed by atoms with van der Waals surface area (Å²) in [7, 11) is 0. The maximum atomic E-state index is 9.48. The maximum absolute atomic E-state index is 9.48. The topological polar surface area (TPSA) is 57.2 Å². The first-order chi connectivity index (χ1) is 11.3. The molecule has 1 heterocycles. The van der Waals surface area contributed by atoms with Crippen molar-refractivity contribution in [3.05, 3.63) is 77.9 Å². The molecular weight excluding hydrogens is 296 g/mol. The molecular formula is C18H16O5. The van der Waals surface area contributed by atoms with Crippen molar-refractivity contribution >= 4 is 5.57 Å². The number of benzene rings is 2. The van der Waals surface area contributed by atoms with Gasteiger partial charge in [-0.2, -0.15) is 0 Å². The minimum Gasteiger partial charge on any atom is -0.342 e. The zero-order chi connectivity index (χ0) is 15.7. The average molecular weight is 312 g/mol. The second-order valence-corrected chi connectivity index (χ2v) is 5.56. The van der Waals surface area contributed by atoms with Crippen LogP contribution in [0.25, 0.3) is 5.57 Å². The van der Waals surface area contributed by atoms with Crippen molar-refractivity contribution in [3.8, 4) is 0 Å². The van der Waals surface area contributed by atoms with E-state index in [0.717, 1.165) is 16.7 Å². The summed E-state index contributed by atoms with van der Waals surface area (Å²) in [5.41, 5.74) is 1.64. The van der Waals surface area contributed by atoms with Crippen molar-refractivity contribution < 1.29 is 24.7 Å². The third-order valence-electron chi connectivity index (χ3n) is 4.31. The molecule has 0 amide bonds. The molecule has 1 aliphatic heterocycles. The molecule has 2 aromatic rings. The van der Waals surface area contributed by atoms with Gasteiger partial charge < -0.3 is 4.74 Å². The monoisotopic (exact) mass is 312 g/mol. The van der Waals surface area contributed by atoms with E-state index in [1.54, 1.807) is 0 Å². The third-order valence-corrected chi connectivity index (χ3v) is 4.31. The normalized spacial score (nSPS) is 29.9.